The first-order valence-electron chi connectivity index (χ1n) is 7.16. The Morgan fingerprint density at radius 3 is 2.70 bits per heavy atom. The van der Waals surface area contributed by atoms with E-state index in [0.29, 0.717) is 12.1 Å². The fraction of sp³-hybridized carbons (Fsp3) is 0.235. The van der Waals surface area contributed by atoms with E-state index >= 15 is 0 Å². The molecule has 1 aliphatic heterocycles. The van der Waals surface area contributed by atoms with Crippen LogP contribution >= 0.6 is 0 Å². The van der Waals surface area contributed by atoms with Gasteiger partial charge in [0.1, 0.15) is 5.56 Å². The molecule has 0 saturated carbocycles. The molecular formula is C17H17BrN2O3. The summed E-state index contributed by atoms with van der Waals surface area (Å²) in [7, 11) is 1.34. The van der Waals surface area contributed by atoms with Crippen LogP contribution in [-0.2, 0) is 9.53 Å². The number of hydrogen-bond acceptors (Lipinski definition) is 3. The molecule has 3 rings (SSSR count). The van der Waals surface area contributed by atoms with E-state index in [0.717, 1.165) is 11.3 Å². The molecule has 2 aromatic rings. The first kappa shape index (κ1) is 17.1. The number of anilines is 1. The minimum absolute atomic E-state index is 0. The summed E-state index contributed by atoms with van der Waals surface area (Å²) in [5.41, 5.74) is 2.29. The standard InChI is InChI=1S/C17H17N2O3.BrH/c1-3-19-14-9-5-4-8-13(14)15(16(19)20)18-10-6-7-12(11-18)17(21)22-2;/h4-11,15H,3H2,1-2H3;1H/q+1;/p-1. The Labute approximate surface area is 145 Å². The van der Waals surface area contributed by atoms with Crippen molar-refractivity contribution in [2.45, 2.75) is 13.0 Å². The molecule has 1 aromatic heterocycles. The van der Waals surface area contributed by atoms with Crippen molar-refractivity contribution < 1.29 is 35.9 Å². The Balaban J connectivity index is 0.00000192. The predicted octanol–water partition coefficient (Wildman–Crippen LogP) is -1.28. The summed E-state index contributed by atoms with van der Waals surface area (Å²) in [5, 5.41) is 0. The Bertz CT molecular complexity index is 748. The second-order valence-electron chi connectivity index (χ2n) is 5.08. The maximum atomic E-state index is 12.7. The van der Waals surface area contributed by atoms with Crippen molar-refractivity contribution in [3.63, 3.8) is 0 Å². The number of fused-ring (bicyclic) bond motifs is 1. The van der Waals surface area contributed by atoms with Crippen molar-refractivity contribution in [2.24, 2.45) is 0 Å². The van der Waals surface area contributed by atoms with Crippen LogP contribution in [-0.4, -0.2) is 25.5 Å². The molecular weight excluding hydrogens is 360 g/mol. The number of likely N-dealkylation sites (N-methyl/N-ethyl adjacent to an activating group) is 1. The van der Waals surface area contributed by atoms with E-state index in [4.69, 9.17) is 4.74 Å². The number of pyridine rings is 1. The van der Waals surface area contributed by atoms with Crippen LogP contribution in [0.3, 0.4) is 0 Å². The van der Waals surface area contributed by atoms with Gasteiger partial charge in [0.2, 0.25) is 0 Å². The highest BCUT2D eigenvalue weighted by atomic mass is 79.9. The van der Waals surface area contributed by atoms with Gasteiger partial charge in [0, 0.05) is 12.6 Å². The summed E-state index contributed by atoms with van der Waals surface area (Å²) in [5.74, 6) is -0.406. The van der Waals surface area contributed by atoms with Gasteiger partial charge in [0.05, 0.1) is 18.4 Å². The van der Waals surface area contributed by atoms with E-state index in [2.05, 4.69) is 0 Å². The highest BCUT2D eigenvalue weighted by molar-refractivity contribution is 6.03. The van der Waals surface area contributed by atoms with Crippen LogP contribution in [0.25, 0.3) is 0 Å². The number of amides is 1. The number of hydrogen-bond donors (Lipinski definition) is 0. The van der Waals surface area contributed by atoms with Crippen molar-refractivity contribution in [1.29, 1.82) is 0 Å². The van der Waals surface area contributed by atoms with Gasteiger partial charge in [-0.1, -0.05) is 12.1 Å². The maximum absolute atomic E-state index is 12.7. The molecule has 0 fully saturated rings. The molecule has 1 atom stereocenters. The SMILES string of the molecule is CCN1C(=O)C([n+]2cccc(C(=O)OC)c2)c2ccccc21.[Br-]. The number of rotatable bonds is 3. The highest BCUT2D eigenvalue weighted by Crippen LogP contribution is 2.34. The number of ether oxygens (including phenoxy) is 1. The summed E-state index contributed by atoms with van der Waals surface area (Å²) < 4.78 is 6.51. The molecule has 1 aliphatic rings. The summed E-state index contributed by atoms with van der Waals surface area (Å²) in [4.78, 5) is 26.2. The van der Waals surface area contributed by atoms with Gasteiger partial charge in [0.15, 0.2) is 12.4 Å². The van der Waals surface area contributed by atoms with Crippen molar-refractivity contribution in [1.82, 2.24) is 0 Å². The zero-order valence-electron chi connectivity index (χ0n) is 12.9. The van der Waals surface area contributed by atoms with E-state index in [1.807, 2.05) is 31.2 Å². The first-order chi connectivity index (χ1) is 10.7. The predicted molar refractivity (Wildman–Crippen MR) is 80.6 cm³/mol. The average molecular weight is 377 g/mol. The van der Waals surface area contributed by atoms with Gasteiger partial charge in [-0.25, -0.2) is 4.79 Å². The molecule has 2 heterocycles. The lowest BCUT2D eigenvalue weighted by atomic mass is 10.1. The molecule has 23 heavy (non-hydrogen) atoms. The highest BCUT2D eigenvalue weighted by Gasteiger charge is 2.43. The first-order valence-corrected chi connectivity index (χ1v) is 7.16. The van der Waals surface area contributed by atoms with E-state index in [9.17, 15) is 9.59 Å². The molecule has 120 valence electrons. The molecule has 1 unspecified atom stereocenters. The van der Waals surface area contributed by atoms with Gasteiger partial charge in [-0.05, 0) is 25.1 Å². The smallest absolute Gasteiger partial charge is 0.343 e. The minimum atomic E-state index is -0.444. The molecule has 1 amide bonds. The van der Waals surface area contributed by atoms with E-state index < -0.39 is 12.0 Å². The Morgan fingerprint density at radius 2 is 2.00 bits per heavy atom. The number of carbonyl (C=O) groups is 2. The van der Waals surface area contributed by atoms with Gasteiger partial charge in [-0.3, -0.25) is 4.79 Å². The molecule has 1 aromatic carbocycles. The molecule has 0 N–H and O–H groups in total. The third-order valence-corrected chi connectivity index (χ3v) is 3.88. The van der Waals surface area contributed by atoms with E-state index in [1.165, 1.54) is 7.11 Å². The third-order valence-electron chi connectivity index (χ3n) is 3.88. The van der Waals surface area contributed by atoms with Gasteiger partial charge in [0.25, 0.3) is 6.04 Å². The number of benzene rings is 1. The second-order valence-corrected chi connectivity index (χ2v) is 5.08. The van der Waals surface area contributed by atoms with E-state index in [-0.39, 0.29) is 22.9 Å². The molecule has 0 bridgehead atoms. The average Bonchev–Trinajstić information content (AvgIpc) is 2.85. The maximum Gasteiger partial charge on any atom is 0.343 e. The quantitative estimate of drug-likeness (QED) is 0.495. The summed E-state index contributed by atoms with van der Waals surface area (Å²) >= 11 is 0. The topological polar surface area (TPSA) is 50.5 Å². The number of aromatic nitrogens is 1. The minimum Gasteiger partial charge on any atom is -1.00 e. The zero-order chi connectivity index (χ0) is 15.7. The van der Waals surface area contributed by atoms with Crippen molar-refractivity contribution >= 4 is 17.6 Å². The lowest BCUT2D eigenvalue weighted by Gasteiger charge is -2.13. The normalized spacial score (nSPS) is 15.8. The van der Waals surface area contributed by atoms with Crippen LogP contribution in [0.4, 0.5) is 5.69 Å². The van der Waals surface area contributed by atoms with Gasteiger partial charge in [-0.15, -0.1) is 0 Å². The Hall–Kier alpha value is -2.21. The van der Waals surface area contributed by atoms with E-state index in [1.54, 1.807) is 34.0 Å². The van der Waals surface area contributed by atoms with Crippen LogP contribution in [0.1, 0.15) is 28.9 Å². The third kappa shape index (κ3) is 2.86. The number of carbonyl (C=O) groups excluding carboxylic acids is 2. The summed E-state index contributed by atoms with van der Waals surface area (Å²) in [6, 6.07) is 10.7. The largest absolute Gasteiger partial charge is 1.00 e. The molecule has 0 radical (unpaired) electrons. The fourth-order valence-electron chi connectivity index (χ4n) is 2.87. The van der Waals surface area contributed by atoms with Gasteiger partial charge < -0.3 is 26.6 Å². The van der Waals surface area contributed by atoms with Crippen LogP contribution in [0.5, 0.6) is 0 Å². The summed E-state index contributed by atoms with van der Waals surface area (Å²) in [6.45, 7) is 2.57. The van der Waals surface area contributed by atoms with Crippen LogP contribution in [0.2, 0.25) is 0 Å². The van der Waals surface area contributed by atoms with Gasteiger partial charge >= 0.3 is 11.9 Å². The number of para-hydroxylation sites is 1. The number of nitrogens with zero attached hydrogens (tertiary/aromatic N) is 2. The summed E-state index contributed by atoms with van der Waals surface area (Å²) in [6.07, 6.45) is 3.45. The molecule has 0 aliphatic carbocycles. The van der Waals surface area contributed by atoms with Crippen LogP contribution in [0, 0.1) is 0 Å². The monoisotopic (exact) mass is 376 g/mol. The number of methoxy groups -OCH3 is 1. The van der Waals surface area contributed by atoms with Crippen molar-refractivity contribution in [2.75, 3.05) is 18.6 Å². The number of esters is 1. The Morgan fingerprint density at radius 1 is 1.26 bits per heavy atom. The lowest BCUT2D eigenvalue weighted by molar-refractivity contribution is -0.699. The van der Waals surface area contributed by atoms with Gasteiger partial charge in [-0.2, -0.15) is 4.57 Å². The van der Waals surface area contributed by atoms with Crippen LogP contribution < -0.4 is 26.4 Å². The Kier molecular flexibility index (Phi) is 5.15. The molecule has 5 nitrogen and oxygen atoms in total. The zero-order valence-corrected chi connectivity index (χ0v) is 14.5. The molecule has 6 heteroatoms. The molecule has 0 saturated heterocycles. The van der Waals surface area contributed by atoms with Crippen molar-refractivity contribution in [3.8, 4) is 0 Å². The fourth-order valence-corrected chi connectivity index (χ4v) is 2.87. The second kappa shape index (κ2) is 6.91. The number of halogens is 1. The van der Waals surface area contributed by atoms with Crippen LogP contribution in [0.15, 0.2) is 48.8 Å². The van der Waals surface area contributed by atoms with Crippen molar-refractivity contribution in [3.05, 3.63) is 59.9 Å². The molecule has 0 spiro atoms. The lowest BCUT2D eigenvalue weighted by Crippen LogP contribution is -3.00.